The predicted molar refractivity (Wildman–Crippen MR) is 117 cm³/mol. The maximum absolute atomic E-state index is 13.5. The molecule has 0 saturated carbocycles. The number of carbonyl (C=O) groups is 3. The van der Waals surface area contributed by atoms with Gasteiger partial charge < -0.3 is 5.11 Å². The maximum atomic E-state index is 13.5. The fourth-order valence-corrected chi connectivity index (χ4v) is 4.45. The van der Waals surface area contributed by atoms with Crippen LogP contribution in [0.1, 0.15) is 22.0 Å². The third-order valence-corrected chi connectivity index (χ3v) is 5.97. The molecule has 160 valence electrons. The molecule has 8 heteroatoms. The van der Waals surface area contributed by atoms with Crippen LogP contribution in [-0.2, 0) is 14.4 Å². The molecule has 2 fully saturated rings. The number of para-hydroxylation sites is 1. The Hall–Kier alpha value is -3.68. The number of fused-ring (bicyclic) bond motifs is 1. The van der Waals surface area contributed by atoms with Gasteiger partial charge in [0.25, 0.3) is 5.91 Å². The molecule has 0 spiro atoms. The van der Waals surface area contributed by atoms with Crippen LogP contribution in [-0.4, -0.2) is 29.0 Å². The smallest absolute Gasteiger partial charge is 0.336 e. The van der Waals surface area contributed by atoms with Crippen molar-refractivity contribution in [1.29, 1.82) is 0 Å². The van der Waals surface area contributed by atoms with Crippen LogP contribution in [0.5, 0.6) is 0 Å². The zero-order chi connectivity index (χ0) is 22.4. The van der Waals surface area contributed by atoms with Crippen molar-refractivity contribution in [2.75, 3.05) is 9.96 Å². The number of carboxylic acid groups (broad SMARTS) is 1. The standard InChI is InChI=1S/C24H17ClN2O5/c25-14-10-12-15(13-11-14)26-22(28)19-20(17-8-4-5-9-18(17)24(30)31)27(32-21(19)23(26)29)16-6-2-1-3-7-16/h1-13,19-21H,(H,30,31)/t19-,20+,21-/m0/s1. The number of amides is 2. The van der Waals surface area contributed by atoms with Gasteiger partial charge in [-0.1, -0.05) is 48.0 Å². The van der Waals surface area contributed by atoms with E-state index in [-0.39, 0.29) is 5.56 Å². The summed E-state index contributed by atoms with van der Waals surface area (Å²) in [5.41, 5.74) is 1.45. The number of aromatic carboxylic acids is 1. The van der Waals surface area contributed by atoms with Crippen molar-refractivity contribution in [3.63, 3.8) is 0 Å². The number of rotatable bonds is 4. The Morgan fingerprint density at radius 3 is 2.19 bits per heavy atom. The molecular weight excluding hydrogens is 432 g/mol. The molecule has 1 N–H and O–H groups in total. The van der Waals surface area contributed by atoms with E-state index in [9.17, 15) is 19.5 Å². The van der Waals surface area contributed by atoms with Crippen molar-refractivity contribution < 1.29 is 24.3 Å². The van der Waals surface area contributed by atoms with Crippen LogP contribution in [0.4, 0.5) is 11.4 Å². The highest BCUT2D eigenvalue weighted by Gasteiger charge is 2.60. The van der Waals surface area contributed by atoms with Crippen molar-refractivity contribution in [2.45, 2.75) is 12.1 Å². The molecule has 32 heavy (non-hydrogen) atoms. The maximum Gasteiger partial charge on any atom is 0.336 e. The number of hydroxylamine groups is 1. The van der Waals surface area contributed by atoms with Gasteiger partial charge in [0, 0.05) is 5.02 Å². The van der Waals surface area contributed by atoms with Crippen LogP contribution < -0.4 is 9.96 Å². The van der Waals surface area contributed by atoms with Gasteiger partial charge in [0.05, 0.1) is 23.0 Å². The molecule has 2 aliphatic heterocycles. The lowest BCUT2D eigenvalue weighted by Crippen LogP contribution is -2.37. The average molecular weight is 449 g/mol. The molecular formula is C24H17ClN2O5. The van der Waals surface area contributed by atoms with Gasteiger partial charge in [-0.25, -0.2) is 14.8 Å². The minimum absolute atomic E-state index is 0.0490. The molecule has 3 atom stereocenters. The average Bonchev–Trinajstić information content (AvgIpc) is 3.31. The van der Waals surface area contributed by atoms with Crippen molar-refractivity contribution in [3.05, 3.63) is 95.0 Å². The quantitative estimate of drug-likeness (QED) is 0.605. The Morgan fingerprint density at radius 2 is 1.50 bits per heavy atom. The van der Waals surface area contributed by atoms with Crippen LogP contribution in [0.2, 0.25) is 5.02 Å². The highest BCUT2D eigenvalue weighted by molar-refractivity contribution is 6.31. The molecule has 0 aliphatic carbocycles. The summed E-state index contributed by atoms with van der Waals surface area (Å²) in [6.07, 6.45) is -1.08. The monoisotopic (exact) mass is 448 g/mol. The zero-order valence-electron chi connectivity index (χ0n) is 16.6. The van der Waals surface area contributed by atoms with Crippen molar-refractivity contribution >= 4 is 40.8 Å². The van der Waals surface area contributed by atoms with E-state index >= 15 is 0 Å². The fourth-order valence-electron chi connectivity index (χ4n) is 4.32. The summed E-state index contributed by atoms with van der Waals surface area (Å²) in [5, 5.41) is 11.7. The summed E-state index contributed by atoms with van der Waals surface area (Å²) in [6.45, 7) is 0. The highest BCUT2D eigenvalue weighted by atomic mass is 35.5. The molecule has 2 heterocycles. The molecule has 0 aromatic heterocycles. The third-order valence-electron chi connectivity index (χ3n) is 5.72. The second-order valence-electron chi connectivity index (χ2n) is 7.54. The summed E-state index contributed by atoms with van der Waals surface area (Å²) in [7, 11) is 0. The Morgan fingerprint density at radius 1 is 0.844 bits per heavy atom. The molecule has 3 aromatic carbocycles. The van der Waals surface area contributed by atoms with Crippen molar-refractivity contribution in [1.82, 2.24) is 0 Å². The van der Waals surface area contributed by atoms with Crippen LogP contribution in [0, 0.1) is 5.92 Å². The number of imide groups is 1. The summed E-state index contributed by atoms with van der Waals surface area (Å²) in [4.78, 5) is 45.9. The lowest BCUT2D eigenvalue weighted by Gasteiger charge is -2.29. The van der Waals surface area contributed by atoms with Gasteiger partial charge in [0.1, 0.15) is 5.92 Å². The van der Waals surface area contributed by atoms with E-state index in [1.165, 1.54) is 11.1 Å². The van der Waals surface area contributed by atoms with E-state index in [1.807, 2.05) is 6.07 Å². The first kappa shape index (κ1) is 20.2. The van der Waals surface area contributed by atoms with Crippen LogP contribution in [0.15, 0.2) is 78.9 Å². The number of hydrogen-bond donors (Lipinski definition) is 1. The highest BCUT2D eigenvalue weighted by Crippen LogP contribution is 2.48. The lowest BCUT2D eigenvalue weighted by atomic mass is 9.88. The van der Waals surface area contributed by atoms with Gasteiger partial charge >= 0.3 is 5.97 Å². The topological polar surface area (TPSA) is 87.2 Å². The van der Waals surface area contributed by atoms with Gasteiger partial charge in [0.15, 0.2) is 6.10 Å². The summed E-state index contributed by atoms with van der Waals surface area (Å²) < 4.78 is 0. The SMILES string of the molecule is O=C(O)c1ccccc1[C@@H]1[C@@H]2C(=O)N(c3ccc(Cl)cc3)C(=O)[C@H]2ON1c1ccccc1. The second kappa shape index (κ2) is 7.78. The Balaban J connectivity index is 1.63. The minimum atomic E-state index is -1.12. The minimum Gasteiger partial charge on any atom is -0.478 e. The van der Waals surface area contributed by atoms with Gasteiger partial charge in [-0.2, -0.15) is 0 Å². The van der Waals surface area contributed by atoms with Gasteiger partial charge in [-0.05, 0) is 48.0 Å². The number of carboxylic acids is 1. The van der Waals surface area contributed by atoms with Gasteiger partial charge in [-0.3, -0.25) is 14.4 Å². The van der Waals surface area contributed by atoms with Crippen LogP contribution >= 0.6 is 11.6 Å². The third kappa shape index (κ3) is 3.14. The summed E-state index contributed by atoms with van der Waals surface area (Å²) in [6, 6.07) is 21.0. The number of nitrogens with zero attached hydrogens (tertiary/aromatic N) is 2. The van der Waals surface area contributed by atoms with E-state index < -0.39 is 35.8 Å². The predicted octanol–water partition coefficient (Wildman–Crippen LogP) is 4.09. The van der Waals surface area contributed by atoms with E-state index in [2.05, 4.69) is 0 Å². The first-order valence-electron chi connectivity index (χ1n) is 9.94. The van der Waals surface area contributed by atoms with Gasteiger partial charge in [0.2, 0.25) is 5.91 Å². The Labute approximate surface area is 188 Å². The molecule has 5 rings (SSSR count). The summed E-state index contributed by atoms with van der Waals surface area (Å²) in [5.74, 6) is -2.99. The molecule has 2 amide bonds. The summed E-state index contributed by atoms with van der Waals surface area (Å²) >= 11 is 5.95. The second-order valence-corrected chi connectivity index (χ2v) is 7.98. The Bertz CT molecular complexity index is 1210. The van der Waals surface area contributed by atoms with E-state index in [1.54, 1.807) is 66.7 Å². The van der Waals surface area contributed by atoms with E-state index in [4.69, 9.17) is 16.4 Å². The molecule has 2 saturated heterocycles. The van der Waals surface area contributed by atoms with Crippen molar-refractivity contribution in [2.24, 2.45) is 5.92 Å². The van der Waals surface area contributed by atoms with E-state index in [0.29, 0.717) is 22.0 Å². The first-order chi connectivity index (χ1) is 15.5. The number of anilines is 2. The normalized spacial score (nSPS) is 22.3. The van der Waals surface area contributed by atoms with E-state index in [0.717, 1.165) is 4.90 Å². The molecule has 0 unspecified atom stereocenters. The molecule has 0 radical (unpaired) electrons. The number of benzene rings is 3. The zero-order valence-corrected chi connectivity index (χ0v) is 17.3. The lowest BCUT2D eigenvalue weighted by molar-refractivity contribution is -0.126. The largest absolute Gasteiger partial charge is 0.478 e. The molecule has 3 aromatic rings. The van der Waals surface area contributed by atoms with Gasteiger partial charge in [-0.15, -0.1) is 0 Å². The number of carbonyl (C=O) groups excluding carboxylic acids is 2. The number of halogens is 1. The Kier molecular flexibility index (Phi) is 4.92. The molecule has 2 aliphatic rings. The van der Waals surface area contributed by atoms with Crippen molar-refractivity contribution in [3.8, 4) is 0 Å². The van der Waals surface area contributed by atoms with Crippen LogP contribution in [0.25, 0.3) is 0 Å². The van der Waals surface area contributed by atoms with Crippen LogP contribution in [0.3, 0.4) is 0 Å². The fraction of sp³-hybridized carbons (Fsp3) is 0.125. The number of hydrogen-bond acceptors (Lipinski definition) is 5. The molecule has 7 nitrogen and oxygen atoms in total. The first-order valence-corrected chi connectivity index (χ1v) is 10.3. The molecule has 0 bridgehead atoms.